The fourth-order valence-corrected chi connectivity index (χ4v) is 2.89. The molecule has 3 aromatic rings. The summed E-state index contributed by atoms with van der Waals surface area (Å²) in [5, 5.41) is 10.8. The predicted molar refractivity (Wildman–Crippen MR) is 82.2 cm³/mol. The number of aromatic nitrogens is 3. The number of aromatic amines is 1. The maximum atomic E-state index is 9.67. The molecule has 1 unspecified atom stereocenters. The Morgan fingerprint density at radius 2 is 2.19 bits per heavy atom. The van der Waals surface area contributed by atoms with Crippen LogP contribution in [0, 0.1) is 0 Å². The van der Waals surface area contributed by atoms with Crippen LogP contribution in [0.1, 0.15) is 6.42 Å². The minimum absolute atomic E-state index is 0.253. The number of hydrogen-bond donors (Lipinski definition) is 2. The number of hydrogen-bond acceptors (Lipinski definition) is 4. The molecule has 1 aliphatic rings. The molecule has 0 amide bonds. The van der Waals surface area contributed by atoms with E-state index in [0.29, 0.717) is 6.54 Å². The second kappa shape index (κ2) is 4.86. The van der Waals surface area contributed by atoms with E-state index in [9.17, 15) is 5.11 Å². The van der Waals surface area contributed by atoms with E-state index in [-0.39, 0.29) is 6.10 Å². The Balaban J connectivity index is 1.77. The fraction of sp³-hybridized carbons (Fsp3) is 0.250. The third kappa shape index (κ3) is 2.15. The van der Waals surface area contributed by atoms with Crippen LogP contribution in [0.25, 0.3) is 22.3 Å². The lowest BCUT2D eigenvalue weighted by molar-refractivity contribution is 0.198. The van der Waals surface area contributed by atoms with E-state index in [1.54, 1.807) is 6.20 Å². The van der Waals surface area contributed by atoms with Gasteiger partial charge in [-0.1, -0.05) is 12.1 Å². The van der Waals surface area contributed by atoms with Gasteiger partial charge in [0, 0.05) is 41.9 Å². The van der Waals surface area contributed by atoms with Crippen LogP contribution in [0.3, 0.4) is 0 Å². The van der Waals surface area contributed by atoms with Gasteiger partial charge in [0.15, 0.2) is 5.82 Å². The molecule has 21 heavy (non-hydrogen) atoms. The summed E-state index contributed by atoms with van der Waals surface area (Å²) >= 11 is 0. The average molecular weight is 280 g/mol. The molecule has 0 radical (unpaired) electrons. The molecule has 2 N–H and O–H groups in total. The van der Waals surface area contributed by atoms with Crippen LogP contribution in [-0.4, -0.2) is 39.3 Å². The summed E-state index contributed by atoms with van der Waals surface area (Å²) < 4.78 is 0. The first-order chi connectivity index (χ1) is 10.3. The molecule has 5 nitrogen and oxygen atoms in total. The van der Waals surface area contributed by atoms with Gasteiger partial charge in [-0.05, 0) is 24.6 Å². The molecule has 0 bridgehead atoms. The highest BCUT2D eigenvalue weighted by atomic mass is 16.3. The highest BCUT2D eigenvalue weighted by Crippen LogP contribution is 2.27. The second-order valence-corrected chi connectivity index (χ2v) is 5.37. The van der Waals surface area contributed by atoms with E-state index in [2.05, 4.69) is 19.9 Å². The fourth-order valence-electron chi connectivity index (χ4n) is 2.89. The molecule has 106 valence electrons. The molecular formula is C16H16N4O. The number of β-amino-alcohol motifs (C(OH)–C–C–N with tert-alkyl or cyclic N) is 1. The molecule has 0 spiro atoms. The number of aliphatic hydroxyl groups excluding tert-OH is 1. The minimum Gasteiger partial charge on any atom is -0.391 e. The van der Waals surface area contributed by atoms with Gasteiger partial charge in [0.05, 0.1) is 6.10 Å². The average Bonchev–Trinajstić information content (AvgIpc) is 3.15. The Hall–Kier alpha value is -2.40. The molecule has 1 atom stereocenters. The normalized spacial score (nSPS) is 18.5. The smallest absolute Gasteiger partial charge is 0.162 e. The van der Waals surface area contributed by atoms with E-state index < -0.39 is 0 Å². The van der Waals surface area contributed by atoms with Gasteiger partial charge in [-0.2, -0.15) is 0 Å². The highest BCUT2D eigenvalue weighted by molar-refractivity contribution is 5.93. The lowest BCUT2D eigenvalue weighted by atomic mass is 10.1. The number of fused-ring (bicyclic) bond motifs is 1. The lowest BCUT2D eigenvalue weighted by Gasteiger charge is -2.16. The standard InChI is InChI=1S/C16H16N4O/c21-11-6-9-20(10-11)15-5-8-18-16(19-15)13-2-1-3-14-12(13)4-7-17-14/h1-5,7-8,11,17,21H,6,9-10H2. The van der Waals surface area contributed by atoms with Crippen LogP contribution in [0.5, 0.6) is 0 Å². The summed E-state index contributed by atoms with van der Waals surface area (Å²) in [5.74, 6) is 1.60. The summed E-state index contributed by atoms with van der Waals surface area (Å²) in [6.07, 6.45) is 4.26. The number of rotatable bonds is 2. The Labute approximate surface area is 122 Å². The third-order valence-electron chi connectivity index (χ3n) is 3.96. The van der Waals surface area contributed by atoms with Crippen LogP contribution >= 0.6 is 0 Å². The quantitative estimate of drug-likeness (QED) is 0.755. The van der Waals surface area contributed by atoms with Crippen LogP contribution in [0.2, 0.25) is 0 Å². The second-order valence-electron chi connectivity index (χ2n) is 5.37. The van der Waals surface area contributed by atoms with Gasteiger partial charge in [-0.3, -0.25) is 0 Å². The monoisotopic (exact) mass is 280 g/mol. The molecular weight excluding hydrogens is 264 g/mol. The van der Waals surface area contributed by atoms with Crippen molar-refractivity contribution in [3.63, 3.8) is 0 Å². The molecule has 4 rings (SSSR count). The van der Waals surface area contributed by atoms with Crippen molar-refractivity contribution in [2.24, 2.45) is 0 Å². The summed E-state index contributed by atoms with van der Waals surface area (Å²) in [7, 11) is 0. The number of anilines is 1. The van der Waals surface area contributed by atoms with Crippen LogP contribution in [0.4, 0.5) is 5.82 Å². The summed E-state index contributed by atoms with van der Waals surface area (Å²) in [5.41, 5.74) is 2.11. The number of nitrogens with one attached hydrogen (secondary N) is 1. The number of nitrogens with zero attached hydrogens (tertiary/aromatic N) is 3. The zero-order valence-corrected chi connectivity index (χ0v) is 11.5. The SMILES string of the molecule is OC1CCN(c2ccnc(-c3cccc4[nH]ccc34)n2)C1. The van der Waals surface area contributed by atoms with Crippen molar-refractivity contribution in [3.8, 4) is 11.4 Å². The molecule has 3 heterocycles. The van der Waals surface area contributed by atoms with Crippen LogP contribution in [-0.2, 0) is 0 Å². The number of H-pyrrole nitrogens is 1. The zero-order chi connectivity index (χ0) is 14.2. The number of benzene rings is 1. The molecule has 5 heteroatoms. The topological polar surface area (TPSA) is 65.0 Å². The van der Waals surface area contributed by atoms with E-state index in [1.165, 1.54) is 0 Å². The minimum atomic E-state index is -0.253. The maximum absolute atomic E-state index is 9.67. The molecule has 1 saturated heterocycles. The van der Waals surface area contributed by atoms with Crippen molar-refractivity contribution in [1.82, 2.24) is 15.0 Å². The van der Waals surface area contributed by atoms with Crippen molar-refractivity contribution in [2.45, 2.75) is 12.5 Å². The van der Waals surface area contributed by atoms with Crippen molar-refractivity contribution in [1.29, 1.82) is 0 Å². The van der Waals surface area contributed by atoms with E-state index in [0.717, 1.165) is 41.1 Å². The number of aliphatic hydroxyl groups is 1. The molecule has 2 aromatic heterocycles. The van der Waals surface area contributed by atoms with E-state index in [4.69, 9.17) is 0 Å². The largest absolute Gasteiger partial charge is 0.391 e. The van der Waals surface area contributed by atoms with Gasteiger partial charge in [0.25, 0.3) is 0 Å². The van der Waals surface area contributed by atoms with Crippen molar-refractivity contribution >= 4 is 16.7 Å². The van der Waals surface area contributed by atoms with Gasteiger partial charge in [0.2, 0.25) is 0 Å². The maximum Gasteiger partial charge on any atom is 0.162 e. The molecule has 1 fully saturated rings. The third-order valence-corrected chi connectivity index (χ3v) is 3.96. The first-order valence-corrected chi connectivity index (χ1v) is 7.14. The summed E-state index contributed by atoms with van der Waals surface area (Å²) in [6.45, 7) is 1.48. The van der Waals surface area contributed by atoms with Crippen LogP contribution in [0.15, 0.2) is 42.7 Å². The zero-order valence-electron chi connectivity index (χ0n) is 11.5. The van der Waals surface area contributed by atoms with Crippen molar-refractivity contribution in [3.05, 3.63) is 42.7 Å². The van der Waals surface area contributed by atoms with Gasteiger partial charge in [-0.25, -0.2) is 9.97 Å². The van der Waals surface area contributed by atoms with Gasteiger partial charge in [0.1, 0.15) is 5.82 Å². The van der Waals surface area contributed by atoms with Gasteiger partial charge in [-0.15, -0.1) is 0 Å². The Morgan fingerprint density at radius 1 is 1.24 bits per heavy atom. The molecule has 0 saturated carbocycles. The van der Waals surface area contributed by atoms with Gasteiger partial charge < -0.3 is 15.0 Å². The molecule has 1 aliphatic heterocycles. The van der Waals surface area contributed by atoms with Crippen molar-refractivity contribution < 1.29 is 5.11 Å². The first kappa shape index (κ1) is 12.3. The molecule has 1 aromatic carbocycles. The first-order valence-electron chi connectivity index (χ1n) is 7.14. The Kier molecular flexibility index (Phi) is 2.86. The van der Waals surface area contributed by atoms with Gasteiger partial charge >= 0.3 is 0 Å². The summed E-state index contributed by atoms with van der Waals surface area (Å²) in [4.78, 5) is 14.4. The highest BCUT2D eigenvalue weighted by Gasteiger charge is 2.21. The Bertz CT molecular complexity index is 783. The van der Waals surface area contributed by atoms with E-state index in [1.807, 2.05) is 36.5 Å². The summed E-state index contributed by atoms with van der Waals surface area (Å²) in [6, 6.07) is 10.0. The van der Waals surface area contributed by atoms with E-state index >= 15 is 0 Å². The molecule has 0 aliphatic carbocycles. The predicted octanol–water partition coefficient (Wildman–Crippen LogP) is 2.20. The lowest BCUT2D eigenvalue weighted by Crippen LogP contribution is -2.22. The Morgan fingerprint density at radius 3 is 3.05 bits per heavy atom. The van der Waals surface area contributed by atoms with Crippen molar-refractivity contribution in [2.75, 3.05) is 18.0 Å². The van der Waals surface area contributed by atoms with Crippen LogP contribution < -0.4 is 4.90 Å².